The molecule has 1 rings (SSSR count). The fourth-order valence-electron chi connectivity index (χ4n) is 1.51. The maximum absolute atomic E-state index is 13.0. The molecule has 19 heavy (non-hydrogen) atoms. The van der Waals surface area contributed by atoms with Gasteiger partial charge >= 0.3 is 5.97 Å². The lowest BCUT2D eigenvalue weighted by molar-refractivity contribution is -0.140. The Hall–Kier alpha value is -1.50. The van der Waals surface area contributed by atoms with Crippen LogP contribution in [0, 0.1) is 11.6 Å². The SMILES string of the molecule is COC(=O)CC(C)S(=O)(=O)Cc1cc(F)cc(F)c1. The number of hydrogen-bond acceptors (Lipinski definition) is 4. The van der Waals surface area contributed by atoms with Crippen LogP contribution in [0.1, 0.15) is 18.9 Å². The van der Waals surface area contributed by atoms with Gasteiger partial charge in [0.15, 0.2) is 9.84 Å². The van der Waals surface area contributed by atoms with Crippen molar-refractivity contribution in [2.75, 3.05) is 7.11 Å². The lowest BCUT2D eigenvalue weighted by Crippen LogP contribution is -2.23. The number of esters is 1. The zero-order valence-corrected chi connectivity index (χ0v) is 11.3. The summed E-state index contributed by atoms with van der Waals surface area (Å²) >= 11 is 0. The predicted octanol–water partition coefficient (Wildman–Crippen LogP) is 1.83. The second-order valence-corrected chi connectivity index (χ2v) is 6.59. The highest BCUT2D eigenvalue weighted by Gasteiger charge is 2.24. The van der Waals surface area contributed by atoms with Crippen LogP contribution in [0.15, 0.2) is 18.2 Å². The minimum Gasteiger partial charge on any atom is -0.469 e. The zero-order valence-electron chi connectivity index (χ0n) is 10.5. The molecule has 1 aromatic rings. The molecule has 0 aliphatic heterocycles. The number of methoxy groups -OCH3 is 1. The monoisotopic (exact) mass is 292 g/mol. The Balaban J connectivity index is 2.87. The van der Waals surface area contributed by atoms with E-state index >= 15 is 0 Å². The maximum Gasteiger partial charge on any atom is 0.306 e. The van der Waals surface area contributed by atoms with Crippen LogP contribution in [-0.2, 0) is 25.1 Å². The third kappa shape index (κ3) is 4.59. The van der Waals surface area contributed by atoms with E-state index in [-0.39, 0.29) is 12.0 Å². The Morgan fingerprint density at radius 3 is 2.26 bits per heavy atom. The van der Waals surface area contributed by atoms with Gasteiger partial charge in [0.2, 0.25) is 0 Å². The summed E-state index contributed by atoms with van der Waals surface area (Å²) in [6.07, 6.45) is -0.295. The van der Waals surface area contributed by atoms with Gasteiger partial charge in [-0.25, -0.2) is 17.2 Å². The molecule has 0 spiro atoms. The molecule has 0 saturated carbocycles. The molecule has 0 aliphatic carbocycles. The van der Waals surface area contributed by atoms with Crippen LogP contribution in [0.25, 0.3) is 0 Å². The number of carbonyl (C=O) groups excluding carboxylic acids is 1. The van der Waals surface area contributed by atoms with Gasteiger partial charge in [-0.3, -0.25) is 4.79 Å². The van der Waals surface area contributed by atoms with Gasteiger partial charge in [-0.1, -0.05) is 0 Å². The van der Waals surface area contributed by atoms with Crippen molar-refractivity contribution in [3.05, 3.63) is 35.4 Å². The first kappa shape index (κ1) is 15.6. The molecule has 7 heteroatoms. The fraction of sp³-hybridized carbons (Fsp3) is 0.417. The average molecular weight is 292 g/mol. The molecule has 0 amide bonds. The first-order valence-corrected chi connectivity index (χ1v) is 7.19. The quantitative estimate of drug-likeness (QED) is 0.777. The van der Waals surface area contributed by atoms with Gasteiger partial charge in [-0.2, -0.15) is 0 Å². The largest absolute Gasteiger partial charge is 0.469 e. The number of carbonyl (C=O) groups is 1. The smallest absolute Gasteiger partial charge is 0.306 e. The molecule has 1 atom stereocenters. The van der Waals surface area contributed by atoms with E-state index < -0.39 is 38.4 Å². The summed E-state index contributed by atoms with van der Waals surface area (Å²) in [5.74, 6) is -2.86. The Morgan fingerprint density at radius 1 is 1.26 bits per heavy atom. The van der Waals surface area contributed by atoms with Crippen LogP contribution in [0.5, 0.6) is 0 Å². The standard InChI is InChI=1S/C12H14F2O4S/c1-8(3-12(15)18-2)19(16,17)7-9-4-10(13)6-11(14)5-9/h4-6,8H,3,7H2,1-2H3. The topological polar surface area (TPSA) is 60.4 Å². The van der Waals surface area contributed by atoms with Gasteiger partial charge in [0.1, 0.15) is 11.6 Å². The van der Waals surface area contributed by atoms with E-state index in [2.05, 4.69) is 4.74 Å². The molecule has 0 saturated heterocycles. The number of sulfone groups is 1. The van der Waals surface area contributed by atoms with E-state index in [1.54, 1.807) is 0 Å². The molecule has 0 aliphatic rings. The summed E-state index contributed by atoms with van der Waals surface area (Å²) < 4.78 is 54.1. The van der Waals surface area contributed by atoms with Crippen LogP contribution in [0.3, 0.4) is 0 Å². The van der Waals surface area contributed by atoms with Crippen molar-refractivity contribution in [2.45, 2.75) is 24.3 Å². The second kappa shape index (κ2) is 6.10. The van der Waals surface area contributed by atoms with Gasteiger partial charge in [-0.15, -0.1) is 0 Å². The van der Waals surface area contributed by atoms with Crippen molar-refractivity contribution in [3.63, 3.8) is 0 Å². The molecule has 0 N–H and O–H groups in total. The minimum atomic E-state index is -3.69. The summed E-state index contributed by atoms with van der Waals surface area (Å²) in [6.45, 7) is 1.35. The Morgan fingerprint density at radius 2 is 1.79 bits per heavy atom. The number of rotatable bonds is 5. The highest BCUT2D eigenvalue weighted by atomic mass is 32.2. The van der Waals surface area contributed by atoms with Crippen molar-refractivity contribution in [3.8, 4) is 0 Å². The molecule has 1 aromatic carbocycles. The van der Waals surface area contributed by atoms with Crippen molar-refractivity contribution in [1.29, 1.82) is 0 Å². The first-order valence-electron chi connectivity index (χ1n) is 5.48. The Kier molecular flexibility index (Phi) is 4.99. The highest BCUT2D eigenvalue weighted by molar-refractivity contribution is 7.91. The molecule has 0 radical (unpaired) electrons. The van der Waals surface area contributed by atoms with Gasteiger partial charge < -0.3 is 4.74 Å². The van der Waals surface area contributed by atoms with Gasteiger partial charge in [0.05, 0.1) is 24.5 Å². The Bertz CT molecular complexity index is 549. The van der Waals surface area contributed by atoms with E-state index in [0.717, 1.165) is 19.2 Å². The van der Waals surface area contributed by atoms with Crippen LogP contribution in [-0.4, -0.2) is 26.7 Å². The summed E-state index contributed by atoms with van der Waals surface area (Å²) in [4.78, 5) is 11.0. The molecule has 0 aromatic heterocycles. The van der Waals surface area contributed by atoms with Crippen LogP contribution in [0.4, 0.5) is 8.78 Å². The second-order valence-electron chi connectivity index (χ2n) is 4.18. The lowest BCUT2D eigenvalue weighted by Gasteiger charge is -2.11. The molecular formula is C12H14F2O4S. The predicted molar refractivity (Wildman–Crippen MR) is 65.1 cm³/mol. The van der Waals surface area contributed by atoms with Gasteiger partial charge in [-0.05, 0) is 24.6 Å². The first-order chi connectivity index (χ1) is 8.74. The van der Waals surface area contributed by atoms with E-state index in [9.17, 15) is 22.0 Å². The van der Waals surface area contributed by atoms with E-state index in [0.29, 0.717) is 6.07 Å². The molecule has 0 heterocycles. The summed E-state index contributed by atoms with van der Waals surface area (Å²) in [6, 6.07) is 2.56. The molecule has 0 fully saturated rings. The summed E-state index contributed by atoms with van der Waals surface area (Å²) in [5, 5.41) is -0.980. The minimum absolute atomic E-state index is 0.00853. The molecular weight excluding hydrogens is 278 g/mol. The maximum atomic E-state index is 13.0. The number of halogens is 2. The third-order valence-electron chi connectivity index (χ3n) is 2.59. The molecule has 4 nitrogen and oxygen atoms in total. The van der Waals surface area contributed by atoms with Crippen molar-refractivity contribution in [2.24, 2.45) is 0 Å². The lowest BCUT2D eigenvalue weighted by atomic mass is 10.2. The fourth-order valence-corrected chi connectivity index (χ4v) is 2.82. The number of benzene rings is 1. The average Bonchev–Trinajstić information content (AvgIpc) is 2.26. The number of hydrogen-bond donors (Lipinski definition) is 0. The number of ether oxygens (including phenoxy) is 1. The highest BCUT2D eigenvalue weighted by Crippen LogP contribution is 2.16. The van der Waals surface area contributed by atoms with Crippen molar-refractivity contribution >= 4 is 15.8 Å². The van der Waals surface area contributed by atoms with Gasteiger partial charge in [0, 0.05) is 6.07 Å². The Labute approximate surface area is 110 Å². The van der Waals surface area contributed by atoms with E-state index in [1.807, 2.05) is 0 Å². The van der Waals surface area contributed by atoms with Crippen LogP contribution in [0.2, 0.25) is 0 Å². The van der Waals surface area contributed by atoms with E-state index in [1.165, 1.54) is 6.92 Å². The third-order valence-corrected chi connectivity index (χ3v) is 4.71. The summed E-state index contributed by atoms with van der Waals surface area (Å²) in [5.41, 5.74) is 0.00853. The zero-order chi connectivity index (χ0) is 14.6. The van der Waals surface area contributed by atoms with E-state index in [4.69, 9.17) is 0 Å². The molecule has 1 unspecified atom stereocenters. The normalized spacial score (nSPS) is 13.1. The molecule has 0 bridgehead atoms. The van der Waals surface area contributed by atoms with Gasteiger partial charge in [0.25, 0.3) is 0 Å². The van der Waals surface area contributed by atoms with Crippen molar-refractivity contribution < 1.29 is 26.7 Å². The summed E-state index contributed by atoms with van der Waals surface area (Å²) in [7, 11) is -2.53. The van der Waals surface area contributed by atoms with Crippen LogP contribution >= 0.6 is 0 Å². The molecule has 106 valence electrons. The van der Waals surface area contributed by atoms with Crippen molar-refractivity contribution in [1.82, 2.24) is 0 Å². The van der Waals surface area contributed by atoms with Crippen LogP contribution < -0.4 is 0 Å².